The summed E-state index contributed by atoms with van der Waals surface area (Å²) in [5.41, 5.74) is 1.75. The minimum Gasteiger partial charge on any atom is -0.443 e. The van der Waals surface area contributed by atoms with Crippen molar-refractivity contribution >= 4 is 29.4 Å². The van der Waals surface area contributed by atoms with E-state index in [0.717, 1.165) is 0 Å². The topological polar surface area (TPSA) is 38.7 Å². The second-order valence-electron chi connectivity index (χ2n) is 4.56. The van der Waals surface area contributed by atoms with Crippen LogP contribution in [0.2, 0.25) is 5.02 Å². The van der Waals surface area contributed by atoms with Crippen LogP contribution in [0, 0.1) is 5.82 Å². The van der Waals surface area contributed by atoms with Crippen molar-refractivity contribution < 1.29 is 18.9 Å². The van der Waals surface area contributed by atoms with Gasteiger partial charge in [0.15, 0.2) is 0 Å². The summed E-state index contributed by atoms with van der Waals surface area (Å²) in [5.74, 6) is -0.415. The number of benzene rings is 2. The first-order valence-electron chi connectivity index (χ1n) is 6.40. The van der Waals surface area contributed by atoms with Crippen LogP contribution in [-0.2, 0) is 16.1 Å². The molecule has 0 aliphatic carbocycles. The van der Waals surface area contributed by atoms with Crippen molar-refractivity contribution in [3.05, 3.63) is 58.9 Å². The van der Waals surface area contributed by atoms with E-state index in [1.54, 1.807) is 30.3 Å². The quantitative estimate of drug-likeness (QED) is 0.501. The van der Waals surface area contributed by atoms with Crippen molar-refractivity contribution in [3.63, 3.8) is 0 Å². The maximum absolute atomic E-state index is 13.5. The molecular weight excluding hydrogens is 293 g/mol. The lowest BCUT2D eigenvalue weighted by Gasteiger charge is -2.14. The standard InChI is InChI=1S/C15H15BClFO3/c1-20-10-21-9-11-5-6-14(18)8-15(11)16(19)12-3-2-4-13(17)7-12/h2-8,19H,9-10H2,1H3. The zero-order valence-corrected chi connectivity index (χ0v) is 12.3. The smallest absolute Gasteiger partial charge is 0.359 e. The van der Waals surface area contributed by atoms with Crippen LogP contribution < -0.4 is 10.9 Å². The first kappa shape index (κ1) is 16.0. The Labute approximate surface area is 128 Å². The molecule has 110 valence electrons. The molecule has 2 rings (SSSR count). The van der Waals surface area contributed by atoms with Gasteiger partial charge < -0.3 is 14.5 Å². The van der Waals surface area contributed by atoms with E-state index >= 15 is 0 Å². The molecule has 0 unspecified atom stereocenters. The average molecular weight is 309 g/mol. The first-order chi connectivity index (χ1) is 10.1. The zero-order chi connectivity index (χ0) is 15.2. The molecular formula is C15H15BClFO3. The Morgan fingerprint density at radius 3 is 2.76 bits per heavy atom. The predicted molar refractivity (Wildman–Crippen MR) is 81.8 cm³/mol. The van der Waals surface area contributed by atoms with Crippen LogP contribution in [0.1, 0.15) is 5.56 Å². The van der Waals surface area contributed by atoms with Crippen LogP contribution in [0.3, 0.4) is 0 Å². The molecule has 0 atom stereocenters. The Bertz CT molecular complexity index is 609. The third kappa shape index (κ3) is 4.28. The van der Waals surface area contributed by atoms with Gasteiger partial charge in [0.2, 0.25) is 0 Å². The largest absolute Gasteiger partial charge is 0.443 e. The zero-order valence-electron chi connectivity index (χ0n) is 11.6. The lowest BCUT2D eigenvalue weighted by molar-refractivity contribution is -0.0388. The van der Waals surface area contributed by atoms with Crippen molar-refractivity contribution in [2.24, 2.45) is 0 Å². The molecule has 0 saturated heterocycles. The van der Waals surface area contributed by atoms with Crippen molar-refractivity contribution in [2.45, 2.75) is 6.61 Å². The number of hydrogen-bond donors (Lipinski definition) is 1. The average Bonchev–Trinajstić information content (AvgIpc) is 2.48. The van der Waals surface area contributed by atoms with Gasteiger partial charge in [0.05, 0.1) is 6.61 Å². The summed E-state index contributed by atoms with van der Waals surface area (Å²) in [7, 11) is 1.52. The highest BCUT2D eigenvalue weighted by Crippen LogP contribution is 2.07. The van der Waals surface area contributed by atoms with Gasteiger partial charge in [0.25, 0.3) is 0 Å². The van der Waals surface area contributed by atoms with Crippen molar-refractivity contribution in [1.29, 1.82) is 0 Å². The molecule has 0 radical (unpaired) electrons. The van der Waals surface area contributed by atoms with Crippen LogP contribution in [0.25, 0.3) is 0 Å². The van der Waals surface area contributed by atoms with Crippen LogP contribution in [-0.4, -0.2) is 25.8 Å². The van der Waals surface area contributed by atoms with Gasteiger partial charge in [-0.25, -0.2) is 4.39 Å². The summed E-state index contributed by atoms with van der Waals surface area (Å²) in [6.07, 6.45) is 0. The second kappa shape index (κ2) is 7.57. The molecule has 2 aromatic carbocycles. The monoisotopic (exact) mass is 308 g/mol. The highest BCUT2D eigenvalue weighted by molar-refractivity contribution is 6.79. The number of methoxy groups -OCH3 is 1. The van der Waals surface area contributed by atoms with Gasteiger partial charge in [-0.3, -0.25) is 0 Å². The van der Waals surface area contributed by atoms with Crippen molar-refractivity contribution in [3.8, 4) is 0 Å². The van der Waals surface area contributed by atoms with Crippen LogP contribution >= 0.6 is 11.6 Å². The van der Waals surface area contributed by atoms with Crippen LogP contribution in [0.5, 0.6) is 0 Å². The molecule has 0 heterocycles. The molecule has 0 spiro atoms. The molecule has 0 aliphatic heterocycles. The van der Waals surface area contributed by atoms with E-state index in [1.165, 1.54) is 19.2 Å². The molecule has 2 aromatic rings. The molecule has 21 heavy (non-hydrogen) atoms. The lowest BCUT2D eigenvalue weighted by atomic mass is 9.54. The van der Waals surface area contributed by atoms with E-state index in [-0.39, 0.29) is 13.4 Å². The Morgan fingerprint density at radius 1 is 1.24 bits per heavy atom. The third-order valence-corrected chi connectivity index (χ3v) is 3.26. The maximum Gasteiger partial charge on any atom is 0.359 e. The minimum absolute atomic E-state index is 0.129. The SMILES string of the molecule is COCOCc1ccc(F)cc1B(O)c1cccc(Cl)c1. The Hall–Kier alpha value is -1.40. The summed E-state index contributed by atoms with van der Waals surface area (Å²) in [4.78, 5) is 0. The Balaban J connectivity index is 2.30. The number of rotatable bonds is 6. The van der Waals surface area contributed by atoms with Crippen molar-refractivity contribution in [2.75, 3.05) is 13.9 Å². The third-order valence-electron chi connectivity index (χ3n) is 3.03. The van der Waals surface area contributed by atoms with Gasteiger partial charge >= 0.3 is 6.92 Å². The fourth-order valence-corrected chi connectivity index (χ4v) is 2.24. The van der Waals surface area contributed by atoms with Gasteiger partial charge in [-0.2, -0.15) is 0 Å². The minimum atomic E-state index is -0.972. The molecule has 0 saturated carbocycles. The van der Waals surface area contributed by atoms with Gasteiger partial charge in [0.1, 0.15) is 12.6 Å². The van der Waals surface area contributed by atoms with Crippen LogP contribution in [0.15, 0.2) is 42.5 Å². The number of ether oxygens (including phenoxy) is 2. The van der Waals surface area contributed by atoms with Gasteiger partial charge in [-0.05, 0) is 40.8 Å². The molecule has 3 nitrogen and oxygen atoms in total. The molecule has 0 amide bonds. The molecule has 0 fully saturated rings. The molecule has 0 aromatic heterocycles. The van der Waals surface area contributed by atoms with E-state index in [0.29, 0.717) is 21.5 Å². The Morgan fingerprint density at radius 2 is 2.05 bits per heavy atom. The summed E-state index contributed by atoms with van der Waals surface area (Å²) in [6.45, 7) is -0.619. The fraction of sp³-hybridized carbons (Fsp3) is 0.200. The van der Waals surface area contributed by atoms with Gasteiger partial charge in [-0.1, -0.05) is 29.8 Å². The molecule has 6 heteroatoms. The Kier molecular flexibility index (Phi) is 5.76. The molecule has 0 bridgehead atoms. The lowest BCUT2D eigenvalue weighted by Crippen LogP contribution is -2.44. The first-order valence-corrected chi connectivity index (χ1v) is 6.78. The van der Waals surface area contributed by atoms with Gasteiger partial charge in [-0.15, -0.1) is 0 Å². The maximum atomic E-state index is 13.5. The highest BCUT2D eigenvalue weighted by atomic mass is 35.5. The highest BCUT2D eigenvalue weighted by Gasteiger charge is 2.21. The predicted octanol–water partition coefficient (Wildman–Crippen LogP) is 1.70. The van der Waals surface area contributed by atoms with E-state index in [4.69, 9.17) is 21.1 Å². The summed E-state index contributed by atoms with van der Waals surface area (Å²) < 4.78 is 23.6. The van der Waals surface area contributed by atoms with Gasteiger partial charge in [0, 0.05) is 12.1 Å². The van der Waals surface area contributed by atoms with E-state index in [9.17, 15) is 9.41 Å². The summed E-state index contributed by atoms with van der Waals surface area (Å²) in [6, 6.07) is 11.1. The molecule has 1 N–H and O–H groups in total. The fourth-order valence-electron chi connectivity index (χ4n) is 2.04. The van der Waals surface area contributed by atoms with Crippen molar-refractivity contribution in [1.82, 2.24) is 0 Å². The second-order valence-corrected chi connectivity index (χ2v) is 4.99. The molecule has 0 aliphatic rings. The number of hydrogen-bond acceptors (Lipinski definition) is 3. The number of halogens is 2. The van der Waals surface area contributed by atoms with Crippen LogP contribution in [0.4, 0.5) is 4.39 Å². The normalized spacial score (nSPS) is 10.7. The van der Waals surface area contributed by atoms with E-state index < -0.39 is 12.7 Å². The summed E-state index contributed by atoms with van der Waals surface area (Å²) >= 11 is 5.92. The van der Waals surface area contributed by atoms with E-state index in [1.807, 2.05) is 0 Å². The summed E-state index contributed by atoms with van der Waals surface area (Å²) in [5, 5.41) is 11.0. The van der Waals surface area contributed by atoms with E-state index in [2.05, 4.69) is 0 Å².